The Labute approximate surface area is 126 Å². The van der Waals surface area contributed by atoms with Gasteiger partial charge in [-0.1, -0.05) is 12.1 Å². The van der Waals surface area contributed by atoms with E-state index in [1.807, 2.05) is 38.1 Å². The molecule has 0 aliphatic carbocycles. The quantitative estimate of drug-likeness (QED) is 0.795. The fourth-order valence-corrected chi connectivity index (χ4v) is 1.59. The van der Waals surface area contributed by atoms with Gasteiger partial charge in [0.25, 0.3) is 0 Å². The SMILES string of the molecule is COCC(N)C(=O)NCC(C)Oc1cccc(C)c1.Cl. The Balaban J connectivity index is 0.00000361. The summed E-state index contributed by atoms with van der Waals surface area (Å²) >= 11 is 0. The lowest BCUT2D eigenvalue weighted by atomic mass is 10.2. The lowest BCUT2D eigenvalue weighted by Crippen LogP contribution is -2.46. The number of aryl methyl sites for hydroxylation is 1. The van der Waals surface area contributed by atoms with Crippen molar-refractivity contribution in [2.45, 2.75) is 26.0 Å². The molecule has 1 aromatic carbocycles. The Kier molecular flexibility index (Phi) is 8.96. The van der Waals surface area contributed by atoms with Crippen LogP contribution in [0.1, 0.15) is 12.5 Å². The first-order valence-corrected chi connectivity index (χ1v) is 6.28. The molecule has 0 aliphatic heterocycles. The van der Waals surface area contributed by atoms with Gasteiger partial charge in [0.15, 0.2) is 0 Å². The second-order valence-corrected chi connectivity index (χ2v) is 4.55. The van der Waals surface area contributed by atoms with Gasteiger partial charge in [0.1, 0.15) is 17.9 Å². The molecule has 0 heterocycles. The number of carbonyl (C=O) groups excluding carboxylic acids is 1. The smallest absolute Gasteiger partial charge is 0.239 e. The molecule has 0 saturated carbocycles. The zero-order valence-electron chi connectivity index (χ0n) is 12.1. The number of nitrogens with two attached hydrogens (primary N) is 1. The molecule has 1 amide bonds. The van der Waals surface area contributed by atoms with E-state index in [-0.39, 0.29) is 31.0 Å². The van der Waals surface area contributed by atoms with Crippen molar-refractivity contribution in [2.75, 3.05) is 20.3 Å². The Morgan fingerprint density at radius 2 is 2.15 bits per heavy atom. The van der Waals surface area contributed by atoms with Crippen molar-refractivity contribution in [3.05, 3.63) is 29.8 Å². The largest absolute Gasteiger partial charge is 0.489 e. The van der Waals surface area contributed by atoms with E-state index in [0.717, 1.165) is 11.3 Å². The van der Waals surface area contributed by atoms with Crippen molar-refractivity contribution in [3.63, 3.8) is 0 Å². The summed E-state index contributed by atoms with van der Waals surface area (Å²) < 4.78 is 10.5. The van der Waals surface area contributed by atoms with Gasteiger partial charge in [-0.3, -0.25) is 4.79 Å². The number of halogens is 1. The van der Waals surface area contributed by atoms with E-state index in [0.29, 0.717) is 6.54 Å². The highest BCUT2D eigenvalue weighted by Crippen LogP contribution is 2.13. The minimum absolute atomic E-state index is 0. The normalized spacial score (nSPS) is 13.0. The van der Waals surface area contributed by atoms with Crippen LogP contribution in [0.3, 0.4) is 0 Å². The molecule has 6 heteroatoms. The van der Waals surface area contributed by atoms with Gasteiger partial charge >= 0.3 is 0 Å². The number of methoxy groups -OCH3 is 1. The first-order chi connectivity index (χ1) is 9.02. The fourth-order valence-electron chi connectivity index (χ4n) is 1.59. The first-order valence-electron chi connectivity index (χ1n) is 6.28. The maximum Gasteiger partial charge on any atom is 0.239 e. The summed E-state index contributed by atoms with van der Waals surface area (Å²) in [4.78, 5) is 11.6. The summed E-state index contributed by atoms with van der Waals surface area (Å²) in [7, 11) is 1.51. The number of hydrogen-bond donors (Lipinski definition) is 2. The summed E-state index contributed by atoms with van der Waals surface area (Å²) in [5.74, 6) is 0.560. The number of rotatable bonds is 7. The summed E-state index contributed by atoms with van der Waals surface area (Å²) in [5, 5.41) is 2.73. The molecule has 2 atom stereocenters. The standard InChI is InChI=1S/C14H22N2O3.ClH/c1-10-5-4-6-12(7-10)19-11(2)8-16-14(17)13(15)9-18-3;/h4-7,11,13H,8-9,15H2,1-3H3,(H,16,17);1H. The van der Waals surface area contributed by atoms with Crippen LogP contribution in [0.4, 0.5) is 0 Å². The molecule has 3 N–H and O–H groups in total. The monoisotopic (exact) mass is 302 g/mol. The van der Waals surface area contributed by atoms with E-state index in [2.05, 4.69) is 5.32 Å². The van der Waals surface area contributed by atoms with Crippen molar-refractivity contribution in [3.8, 4) is 5.75 Å². The first kappa shape index (κ1) is 18.7. The third-order valence-corrected chi connectivity index (χ3v) is 2.57. The molecule has 0 spiro atoms. The van der Waals surface area contributed by atoms with Gasteiger partial charge < -0.3 is 20.5 Å². The number of carbonyl (C=O) groups is 1. The maximum absolute atomic E-state index is 11.6. The third kappa shape index (κ3) is 6.75. The van der Waals surface area contributed by atoms with E-state index in [9.17, 15) is 4.79 Å². The van der Waals surface area contributed by atoms with Gasteiger partial charge in [-0.2, -0.15) is 0 Å². The molecule has 0 aliphatic rings. The zero-order chi connectivity index (χ0) is 14.3. The number of ether oxygens (including phenoxy) is 2. The average Bonchev–Trinajstić information content (AvgIpc) is 2.36. The maximum atomic E-state index is 11.6. The molecule has 0 fully saturated rings. The summed E-state index contributed by atoms with van der Waals surface area (Å²) in [6, 6.07) is 7.14. The second-order valence-electron chi connectivity index (χ2n) is 4.55. The van der Waals surface area contributed by atoms with Gasteiger partial charge in [-0.15, -0.1) is 12.4 Å². The van der Waals surface area contributed by atoms with Crippen molar-refractivity contribution in [2.24, 2.45) is 5.73 Å². The van der Waals surface area contributed by atoms with Crippen LogP contribution in [0, 0.1) is 6.92 Å². The fraction of sp³-hybridized carbons (Fsp3) is 0.500. The van der Waals surface area contributed by atoms with Crippen LogP contribution in [-0.2, 0) is 9.53 Å². The predicted octanol–water partition coefficient (Wildman–Crippen LogP) is 1.27. The van der Waals surface area contributed by atoms with E-state index in [4.69, 9.17) is 15.2 Å². The van der Waals surface area contributed by atoms with Gasteiger partial charge in [0.2, 0.25) is 5.91 Å². The lowest BCUT2D eigenvalue weighted by molar-refractivity contribution is -0.123. The van der Waals surface area contributed by atoms with E-state index in [1.54, 1.807) is 0 Å². The van der Waals surface area contributed by atoms with E-state index >= 15 is 0 Å². The highest BCUT2D eigenvalue weighted by molar-refractivity contribution is 5.85. The summed E-state index contributed by atoms with van der Waals surface area (Å²) in [6.07, 6.45) is -0.125. The van der Waals surface area contributed by atoms with Crippen molar-refractivity contribution in [1.29, 1.82) is 0 Å². The highest BCUT2D eigenvalue weighted by atomic mass is 35.5. The number of nitrogens with one attached hydrogen (secondary N) is 1. The van der Waals surface area contributed by atoms with Crippen LogP contribution in [0.5, 0.6) is 5.75 Å². The van der Waals surface area contributed by atoms with Crippen LogP contribution >= 0.6 is 12.4 Å². The molecule has 5 nitrogen and oxygen atoms in total. The zero-order valence-corrected chi connectivity index (χ0v) is 12.9. The molecule has 0 saturated heterocycles. The third-order valence-electron chi connectivity index (χ3n) is 2.57. The molecule has 20 heavy (non-hydrogen) atoms. The van der Waals surface area contributed by atoms with Crippen LogP contribution < -0.4 is 15.8 Å². The molecule has 114 valence electrons. The van der Waals surface area contributed by atoms with Crippen LogP contribution in [-0.4, -0.2) is 38.3 Å². The highest BCUT2D eigenvalue weighted by Gasteiger charge is 2.14. The molecule has 0 bridgehead atoms. The molecular weight excluding hydrogens is 280 g/mol. The Hall–Kier alpha value is -1.30. The minimum Gasteiger partial charge on any atom is -0.489 e. The van der Waals surface area contributed by atoms with Gasteiger partial charge in [-0.25, -0.2) is 0 Å². The van der Waals surface area contributed by atoms with E-state index < -0.39 is 6.04 Å². The van der Waals surface area contributed by atoms with Crippen LogP contribution in [0.15, 0.2) is 24.3 Å². The van der Waals surface area contributed by atoms with Gasteiger partial charge in [0, 0.05) is 7.11 Å². The lowest BCUT2D eigenvalue weighted by Gasteiger charge is -2.17. The molecule has 1 rings (SSSR count). The summed E-state index contributed by atoms with van der Waals surface area (Å²) in [5.41, 5.74) is 6.74. The van der Waals surface area contributed by atoms with Crippen LogP contribution in [0.2, 0.25) is 0 Å². The molecule has 0 radical (unpaired) electrons. The van der Waals surface area contributed by atoms with Gasteiger partial charge in [-0.05, 0) is 31.5 Å². The topological polar surface area (TPSA) is 73.6 Å². The average molecular weight is 303 g/mol. The molecule has 0 aromatic heterocycles. The Bertz CT molecular complexity index is 415. The van der Waals surface area contributed by atoms with Crippen molar-refractivity contribution >= 4 is 18.3 Å². The molecule has 1 aromatic rings. The number of amides is 1. The predicted molar refractivity (Wildman–Crippen MR) is 81.4 cm³/mol. The van der Waals surface area contributed by atoms with Crippen molar-refractivity contribution in [1.82, 2.24) is 5.32 Å². The molecular formula is C14H23ClN2O3. The van der Waals surface area contributed by atoms with Gasteiger partial charge in [0.05, 0.1) is 13.2 Å². The second kappa shape index (κ2) is 9.58. The van der Waals surface area contributed by atoms with E-state index in [1.165, 1.54) is 7.11 Å². The van der Waals surface area contributed by atoms with Crippen molar-refractivity contribution < 1.29 is 14.3 Å². The van der Waals surface area contributed by atoms with Crippen LogP contribution in [0.25, 0.3) is 0 Å². The Morgan fingerprint density at radius 3 is 2.75 bits per heavy atom. The number of benzene rings is 1. The number of hydrogen-bond acceptors (Lipinski definition) is 4. The summed E-state index contributed by atoms with van der Waals surface area (Å²) in [6.45, 7) is 4.51. The molecule has 2 unspecified atom stereocenters. The Morgan fingerprint density at radius 1 is 1.45 bits per heavy atom. The minimum atomic E-state index is -0.642.